The predicted molar refractivity (Wildman–Crippen MR) is 93.0 cm³/mol. The fraction of sp³-hybridized carbons (Fsp3) is 0.300. The van der Waals surface area contributed by atoms with E-state index in [2.05, 4.69) is 55.5 Å². The van der Waals surface area contributed by atoms with Crippen LogP contribution in [0.1, 0.15) is 26.7 Å². The largest absolute Gasteiger partial charge is 0.493 e. The molecule has 0 aromatic heterocycles. The maximum absolute atomic E-state index is 6.15. The smallest absolute Gasteiger partial charge is 0.135 e. The third-order valence-corrected chi connectivity index (χ3v) is 3.87. The fourth-order valence-electron chi connectivity index (χ4n) is 2.82. The summed E-state index contributed by atoms with van der Waals surface area (Å²) in [5.41, 5.74) is 0. The van der Waals surface area contributed by atoms with Gasteiger partial charge in [0.15, 0.2) is 0 Å². The molecule has 0 N–H and O–H groups in total. The van der Waals surface area contributed by atoms with Crippen molar-refractivity contribution in [2.24, 2.45) is 0 Å². The number of hydrogen-bond acceptors (Lipinski definition) is 2. The van der Waals surface area contributed by atoms with Gasteiger partial charge in [-0.25, -0.2) is 0 Å². The summed E-state index contributed by atoms with van der Waals surface area (Å²) in [6.45, 7) is 5.61. The second-order valence-corrected chi connectivity index (χ2v) is 5.38. The molecule has 2 nitrogen and oxygen atoms in total. The lowest BCUT2D eigenvalue weighted by Gasteiger charge is -2.17. The molecule has 3 rings (SSSR count). The van der Waals surface area contributed by atoms with Crippen LogP contribution in [0.15, 0.2) is 48.5 Å². The summed E-state index contributed by atoms with van der Waals surface area (Å²) in [6, 6.07) is 16.7. The van der Waals surface area contributed by atoms with Gasteiger partial charge in [-0.05, 0) is 13.3 Å². The van der Waals surface area contributed by atoms with Gasteiger partial charge >= 0.3 is 0 Å². The molecule has 3 aromatic carbocycles. The van der Waals surface area contributed by atoms with E-state index >= 15 is 0 Å². The van der Waals surface area contributed by atoms with Crippen LogP contribution in [0.25, 0.3) is 21.5 Å². The molecule has 0 bridgehead atoms. The van der Waals surface area contributed by atoms with Crippen LogP contribution in [0.3, 0.4) is 0 Å². The van der Waals surface area contributed by atoms with Crippen LogP contribution in [0.2, 0.25) is 0 Å². The SMILES string of the molecule is CCCCOc1c2ccccc2c(OCC)c2ccccc12. The lowest BCUT2D eigenvalue weighted by molar-refractivity contribution is 0.315. The summed E-state index contributed by atoms with van der Waals surface area (Å²) in [5, 5.41) is 4.49. The van der Waals surface area contributed by atoms with Crippen LogP contribution < -0.4 is 9.47 Å². The Balaban J connectivity index is 2.28. The fourth-order valence-corrected chi connectivity index (χ4v) is 2.82. The van der Waals surface area contributed by atoms with Gasteiger partial charge in [0.2, 0.25) is 0 Å². The van der Waals surface area contributed by atoms with E-state index in [1.807, 2.05) is 6.92 Å². The topological polar surface area (TPSA) is 18.5 Å². The highest BCUT2D eigenvalue weighted by Crippen LogP contribution is 2.42. The molecule has 3 aromatic rings. The number of ether oxygens (including phenoxy) is 2. The van der Waals surface area contributed by atoms with Crippen molar-refractivity contribution in [1.82, 2.24) is 0 Å². The van der Waals surface area contributed by atoms with Gasteiger partial charge in [-0.15, -0.1) is 0 Å². The van der Waals surface area contributed by atoms with Gasteiger partial charge in [-0.2, -0.15) is 0 Å². The van der Waals surface area contributed by atoms with Crippen molar-refractivity contribution in [2.45, 2.75) is 26.7 Å². The lowest BCUT2D eigenvalue weighted by Crippen LogP contribution is -2.00. The molecule has 0 atom stereocenters. The molecule has 0 aliphatic carbocycles. The second kappa shape index (κ2) is 6.69. The van der Waals surface area contributed by atoms with Crippen LogP contribution in [0.4, 0.5) is 0 Å². The summed E-state index contributed by atoms with van der Waals surface area (Å²) in [7, 11) is 0. The van der Waals surface area contributed by atoms with Gasteiger partial charge in [-0.3, -0.25) is 0 Å². The molecule has 2 heteroatoms. The maximum Gasteiger partial charge on any atom is 0.135 e. The van der Waals surface area contributed by atoms with Crippen molar-refractivity contribution in [1.29, 1.82) is 0 Å². The summed E-state index contributed by atoms with van der Waals surface area (Å²) in [5.74, 6) is 1.93. The number of fused-ring (bicyclic) bond motifs is 2. The van der Waals surface area contributed by atoms with Gasteiger partial charge in [0.05, 0.1) is 13.2 Å². The summed E-state index contributed by atoms with van der Waals surface area (Å²) < 4.78 is 12.1. The van der Waals surface area contributed by atoms with E-state index in [4.69, 9.17) is 9.47 Å². The summed E-state index contributed by atoms with van der Waals surface area (Å²) >= 11 is 0. The first-order valence-corrected chi connectivity index (χ1v) is 8.05. The first-order valence-electron chi connectivity index (χ1n) is 8.05. The Bertz CT molecular complexity index is 720. The molecule has 0 aliphatic heterocycles. The van der Waals surface area contributed by atoms with Crippen molar-refractivity contribution < 1.29 is 9.47 Å². The minimum atomic E-state index is 0.657. The van der Waals surface area contributed by atoms with E-state index in [0.717, 1.165) is 52.5 Å². The van der Waals surface area contributed by atoms with Crippen molar-refractivity contribution in [3.8, 4) is 11.5 Å². The third kappa shape index (κ3) is 2.61. The molecule has 0 fully saturated rings. The Morgan fingerprint density at radius 3 is 1.55 bits per heavy atom. The first kappa shape index (κ1) is 14.7. The molecule has 0 spiro atoms. The monoisotopic (exact) mass is 294 g/mol. The quantitative estimate of drug-likeness (QED) is 0.437. The molecule has 0 unspecified atom stereocenters. The van der Waals surface area contributed by atoms with Crippen LogP contribution in [-0.2, 0) is 0 Å². The maximum atomic E-state index is 6.15. The van der Waals surface area contributed by atoms with Crippen molar-refractivity contribution in [3.05, 3.63) is 48.5 Å². The van der Waals surface area contributed by atoms with Crippen LogP contribution in [-0.4, -0.2) is 13.2 Å². The number of rotatable bonds is 6. The van der Waals surface area contributed by atoms with E-state index in [0.29, 0.717) is 6.61 Å². The zero-order chi connectivity index (χ0) is 15.4. The number of hydrogen-bond donors (Lipinski definition) is 0. The molecule has 0 heterocycles. The van der Waals surface area contributed by atoms with E-state index < -0.39 is 0 Å². The van der Waals surface area contributed by atoms with E-state index in [1.165, 1.54) is 0 Å². The minimum absolute atomic E-state index is 0.657. The van der Waals surface area contributed by atoms with Gasteiger partial charge < -0.3 is 9.47 Å². The number of unbranched alkanes of at least 4 members (excludes halogenated alkanes) is 1. The van der Waals surface area contributed by atoms with Crippen molar-refractivity contribution >= 4 is 21.5 Å². The Morgan fingerprint density at radius 2 is 1.14 bits per heavy atom. The predicted octanol–water partition coefficient (Wildman–Crippen LogP) is 5.57. The van der Waals surface area contributed by atoms with Crippen molar-refractivity contribution in [3.63, 3.8) is 0 Å². The Labute approximate surface area is 131 Å². The third-order valence-electron chi connectivity index (χ3n) is 3.87. The van der Waals surface area contributed by atoms with Crippen LogP contribution in [0, 0.1) is 0 Å². The van der Waals surface area contributed by atoms with Gasteiger partial charge in [-0.1, -0.05) is 61.9 Å². The molecule has 0 saturated carbocycles. The zero-order valence-electron chi connectivity index (χ0n) is 13.3. The van der Waals surface area contributed by atoms with Crippen molar-refractivity contribution in [2.75, 3.05) is 13.2 Å². The summed E-state index contributed by atoms with van der Waals surface area (Å²) in [6.07, 6.45) is 2.20. The van der Waals surface area contributed by atoms with Crippen LogP contribution in [0.5, 0.6) is 11.5 Å². The molecule has 0 aliphatic rings. The van der Waals surface area contributed by atoms with E-state index in [-0.39, 0.29) is 0 Å². The first-order chi connectivity index (χ1) is 10.9. The highest BCUT2D eigenvalue weighted by molar-refractivity contribution is 6.11. The normalized spacial score (nSPS) is 11.0. The molecule has 0 radical (unpaired) electrons. The average molecular weight is 294 g/mol. The van der Waals surface area contributed by atoms with Crippen LogP contribution >= 0.6 is 0 Å². The number of benzene rings is 3. The highest BCUT2D eigenvalue weighted by Gasteiger charge is 2.15. The molecular formula is C20H22O2. The standard InChI is InChI=1S/C20H22O2/c1-3-5-14-22-20-17-12-8-6-10-15(17)19(21-4-2)16-11-7-9-13-18(16)20/h6-13H,3-5,14H2,1-2H3. The molecule has 0 amide bonds. The molecule has 114 valence electrons. The second-order valence-electron chi connectivity index (χ2n) is 5.38. The Hall–Kier alpha value is -2.22. The highest BCUT2D eigenvalue weighted by atomic mass is 16.5. The molecular weight excluding hydrogens is 272 g/mol. The Morgan fingerprint density at radius 1 is 0.682 bits per heavy atom. The lowest BCUT2D eigenvalue weighted by atomic mass is 10.0. The molecule has 22 heavy (non-hydrogen) atoms. The molecule has 0 saturated heterocycles. The Kier molecular flexibility index (Phi) is 4.47. The van der Waals surface area contributed by atoms with E-state index in [9.17, 15) is 0 Å². The van der Waals surface area contributed by atoms with Gasteiger partial charge in [0.1, 0.15) is 11.5 Å². The average Bonchev–Trinajstić information content (AvgIpc) is 2.57. The van der Waals surface area contributed by atoms with E-state index in [1.54, 1.807) is 0 Å². The van der Waals surface area contributed by atoms with Gasteiger partial charge in [0.25, 0.3) is 0 Å². The summed E-state index contributed by atoms with van der Waals surface area (Å²) in [4.78, 5) is 0. The van der Waals surface area contributed by atoms with Gasteiger partial charge in [0, 0.05) is 21.5 Å². The zero-order valence-corrected chi connectivity index (χ0v) is 13.3. The minimum Gasteiger partial charge on any atom is -0.493 e.